The molecule has 0 radical (unpaired) electrons. The summed E-state index contributed by atoms with van der Waals surface area (Å²) in [6.07, 6.45) is -2.99. The van der Waals surface area contributed by atoms with Gasteiger partial charge in [-0.3, -0.25) is 4.79 Å². The van der Waals surface area contributed by atoms with Gasteiger partial charge in [0.25, 0.3) is 5.91 Å². The number of amides is 1. The first-order chi connectivity index (χ1) is 8.79. The number of primary amides is 1. The van der Waals surface area contributed by atoms with Crippen molar-refractivity contribution in [1.29, 1.82) is 0 Å². The van der Waals surface area contributed by atoms with Crippen molar-refractivity contribution in [3.05, 3.63) is 47.3 Å². The van der Waals surface area contributed by atoms with Gasteiger partial charge < -0.3 is 5.73 Å². The van der Waals surface area contributed by atoms with Crippen molar-refractivity contribution in [2.75, 3.05) is 0 Å². The van der Waals surface area contributed by atoms with E-state index in [1.165, 1.54) is 23.0 Å². The van der Waals surface area contributed by atoms with E-state index in [4.69, 9.17) is 5.73 Å². The largest absolute Gasteiger partial charge is 0.416 e. The summed E-state index contributed by atoms with van der Waals surface area (Å²) >= 11 is 0. The van der Waals surface area contributed by atoms with Gasteiger partial charge in [0, 0.05) is 6.20 Å². The number of alkyl halides is 3. The lowest BCUT2D eigenvalue weighted by Crippen LogP contribution is -2.11. The number of carbonyl (C=O) groups is 1. The normalized spacial score (nSPS) is 11.6. The minimum Gasteiger partial charge on any atom is -0.365 e. The third-order valence-corrected chi connectivity index (χ3v) is 2.62. The number of rotatable bonds is 2. The van der Waals surface area contributed by atoms with Crippen molar-refractivity contribution in [3.63, 3.8) is 0 Å². The molecular weight excluding hydrogens is 259 g/mol. The monoisotopic (exact) mass is 269 g/mol. The Hall–Kier alpha value is -2.31. The summed E-state index contributed by atoms with van der Waals surface area (Å²) < 4.78 is 38.6. The molecule has 1 heterocycles. The van der Waals surface area contributed by atoms with Gasteiger partial charge >= 0.3 is 6.18 Å². The number of nitrogens with zero attached hydrogens (tertiary/aromatic N) is 2. The first-order valence-corrected chi connectivity index (χ1v) is 5.33. The Kier molecular flexibility index (Phi) is 3.05. The Morgan fingerprint density at radius 3 is 2.26 bits per heavy atom. The fourth-order valence-electron chi connectivity index (χ4n) is 1.64. The van der Waals surface area contributed by atoms with E-state index in [2.05, 4.69) is 5.10 Å². The molecule has 19 heavy (non-hydrogen) atoms. The second-order valence-corrected chi connectivity index (χ2v) is 3.98. The highest BCUT2D eigenvalue weighted by Crippen LogP contribution is 2.29. The number of hydrogen-bond donors (Lipinski definition) is 1. The molecule has 0 spiro atoms. The summed E-state index contributed by atoms with van der Waals surface area (Å²) in [4.78, 5) is 11.1. The molecule has 0 saturated carbocycles. The average Bonchev–Trinajstić information content (AvgIpc) is 2.70. The van der Waals surface area contributed by atoms with Crippen LogP contribution < -0.4 is 5.73 Å². The zero-order valence-electron chi connectivity index (χ0n) is 9.90. The van der Waals surface area contributed by atoms with E-state index in [1.807, 2.05) is 0 Å². The van der Waals surface area contributed by atoms with E-state index in [1.54, 1.807) is 6.92 Å². The number of aromatic nitrogens is 2. The van der Waals surface area contributed by atoms with Crippen LogP contribution >= 0.6 is 0 Å². The molecule has 0 aliphatic carbocycles. The SMILES string of the molecule is Cc1nn(-c2ccc(C(F)(F)F)cc2)cc1C(N)=O. The average molecular weight is 269 g/mol. The second kappa shape index (κ2) is 4.42. The van der Waals surface area contributed by atoms with Gasteiger partial charge in [-0.1, -0.05) is 0 Å². The highest BCUT2D eigenvalue weighted by atomic mass is 19.4. The van der Waals surface area contributed by atoms with Crippen LogP contribution in [0, 0.1) is 6.92 Å². The Balaban J connectivity index is 2.38. The fraction of sp³-hybridized carbons (Fsp3) is 0.167. The summed E-state index contributed by atoms with van der Waals surface area (Å²) in [5.74, 6) is -0.629. The summed E-state index contributed by atoms with van der Waals surface area (Å²) in [5.41, 5.74) is 5.49. The summed E-state index contributed by atoms with van der Waals surface area (Å²) in [6, 6.07) is 4.46. The van der Waals surface area contributed by atoms with Gasteiger partial charge in [0.2, 0.25) is 0 Å². The van der Waals surface area contributed by atoms with Crippen LogP contribution in [0.4, 0.5) is 13.2 Å². The van der Waals surface area contributed by atoms with Crippen LogP contribution in [0.25, 0.3) is 5.69 Å². The maximum Gasteiger partial charge on any atom is 0.416 e. The van der Waals surface area contributed by atoms with Gasteiger partial charge in [0.15, 0.2) is 0 Å². The number of nitrogens with two attached hydrogens (primary N) is 1. The van der Waals surface area contributed by atoms with Gasteiger partial charge in [-0.2, -0.15) is 18.3 Å². The lowest BCUT2D eigenvalue weighted by molar-refractivity contribution is -0.137. The molecule has 1 aromatic carbocycles. The molecule has 0 aliphatic heterocycles. The van der Waals surface area contributed by atoms with Crippen LogP contribution in [0.3, 0.4) is 0 Å². The zero-order chi connectivity index (χ0) is 14.2. The first-order valence-electron chi connectivity index (χ1n) is 5.33. The second-order valence-electron chi connectivity index (χ2n) is 3.98. The molecule has 0 unspecified atom stereocenters. The molecule has 2 aromatic rings. The molecule has 7 heteroatoms. The maximum atomic E-state index is 12.4. The molecule has 0 atom stereocenters. The highest BCUT2D eigenvalue weighted by Gasteiger charge is 2.30. The van der Waals surface area contributed by atoms with Gasteiger partial charge in [0.05, 0.1) is 22.5 Å². The summed E-state index contributed by atoms with van der Waals surface area (Å²) in [7, 11) is 0. The Morgan fingerprint density at radius 1 is 1.26 bits per heavy atom. The van der Waals surface area contributed by atoms with Crippen molar-refractivity contribution in [2.45, 2.75) is 13.1 Å². The predicted octanol–water partition coefficient (Wildman–Crippen LogP) is 2.30. The van der Waals surface area contributed by atoms with Crippen LogP contribution in [-0.4, -0.2) is 15.7 Å². The van der Waals surface area contributed by atoms with E-state index >= 15 is 0 Å². The molecule has 2 N–H and O–H groups in total. The van der Waals surface area contributed by atoms with Crippen molar-refractivity contribution < 1.29 is 18.0 Å². The van der Waals surface area contributed by atoms with Crippen LogP contribution in [0.2, 0.25) is 0 Å². The molecule has 1 amide bonds. The number of benzene rings is 1. The number of hydrogen-bond acceptors (Lipinski definition) is 2. The van der Waals surface area contributed by atoms with Gasteiger partial charge in [-0.25, -0.2) is 4.68 Å². The molecule has 0 fully saturated rings. The van der Waals surface area contributed by atoms with Crippen molar-refractivity contribution in [2.24, 2.45) is 5.73 Å². The lowest BCUT2D eigenvalue weighted by Gasteiger charge is -2.07. The molecular formula is C12H10F3N3O. The van der Waals surface area contributed by atoms with E-state index in [0.29, 0.717) is 11.4 Å². The van der Waals surface area contributed by atoms with Crippen molar-refractivity contribution in [3.8, 4) is 5.69 Å². The molecule has 0 bridgehead atoms. The number of halogens is 3. The van der Waals surface area contributed by atoms with E-state index in [0.717, 1.165) is 12.1 Å². The van der Waals surface area contributed by atoms with E-state index in [9.17, 15) is 18.0 Å². The summed E-state index contributed by atoms with van der Waals surface area (Å²) in [5, 5.41) is 4.03. The van der Waals surface area contributed by atoms with E-state index < -0.39 is 17.6 Å². The summed E-state index contributed by atoms with van der Waals surface area (Å²) in [6.45, 7) is 1.60. The molecule has 4 nitrogen and oxygen atoms in total. The van der Waals surface area contributed by atoms with Crippen molar-refractivity contribution in [1.82, 2.24) is 9.78 Å². The highest BCUT2D eigenvalue weighted by molar-refractivity contribution is 5.93. The van der Waals surface area contributed by atoms with Gasteiger partial charge in [-0.05, 0) is 31.2 Å². The van der Waals surface area contributed by atoms with Crippen LogP contribution in [-0.2, 0) is 6.18 Å². The third-order valence-electron chi connectivity index (χ3n) is 2.62. The maximum absolute atomic E-state index is 12.4. The van der Waals surface area contributed by atoms with Crippen LogP contribution in [0.15, 0.2) is 30.5 Å². The molecule has 100 valence electrons. The number of carbonyl (C=O) groups excluding carboxylic acids is 1. The minimum absolute atomic E-state index is 0.236. The molecule has 2 rings (SSSR count). The van der Waals surface area contributed by atoms with Crippen LogP contribution in [0.5, 0.6) is 0 Å². The zero-order valence-corrected chi connectivity index (χ0v) is 9.90. The van der Waals surface area contributed by atoms with Crippen molar-refractivity contribution >= 4 is 5.91 Å². The number of aryl methyl sites for hydroxylation is 1. The molecule has 0 aliphatic rings. The molecule has 1 aromatic heterocycles. The minimum atomic E-state index is -4.38. The van der Waals surface area contributed by atoms with E-state index in [-0.39, 0.29) is 5.56 Å². The Bertz CT molecular complexity index is 614. The fourth-order valence-corrected chi connectivity index (χ4v) is 1.64. The predicted molar refractivity (Wildman–Crippen MR) is 61.8 cm³/mol. The van der Waals surface area contributed by atoms with Gasteiger partial charge in [0.1, 0.15) is 0 Å². The quantitative estimate of drug-likeness (QED) is 0.909. The first kappa shape index (κ1) is 13.1. The van der Waals surface area contributed by atoms with Gasteiger partial charge in [-0.15, -0.1) is 0 Å². The smallest absolute Gasteiger partial charge is 0.365 e. The lowest BCUT2D eigenvalue weighted by atomic mass is 10.2. The van der Waals surface area contributed by atoms with Crippen LogP contribution in [0.1, 0.15) is 21.6 Å². The third kappa shape index (κ3) is 2.59. The Labute approximate surface area is 106 Å². The topological polar surface area (TPSA) is 60.9 Å². The standard InChI is InChI=1S/C12H10F3N3O/c1-7-10(11(16)19)6-18(17-7)9-4-2-8(3-5-9)12(13,14)15/h2-6H,1H3,(H2,16,19). The Morgan fingerprint density at radius 2 is 1.84 bits per heavy atom. The molecule has 0 saturated heterocycles.